The monoisotopic (exact) mass is 484 g/mol. The smallest absolute Gasteiger partial charge is 0.260 e. The number of nitrogens with two attached hydrogens (primary N) is 1. The van der Waals surface area contributed by atoms with Crippen LogP contribution in [0.1, 0.15) is 17.0 Å². The first-order chi connectivity index (χ1) is 17.5. The van der Waals surface area contributed by atoms with Crippen molar-refractivity contribution >= 4 is 28.4 Å². The van der Waals surface area contributed by atoms with Gasteiger partial charge in [0.1, 0.15) is 11.5 Å². The molecule has 2 atom stereocenters. The molecule has 2 amide bonds. The second-order valence-corrected chi connectivity index (χ2v) is 8.78. The molecule has 8 heteroatoms. The molecular weight excluding hydrogens is 456 g/mol. The van der Waals surface area contributed by atoms with E-state index in [0.717, 1.165) is 33.5 Å². The molecule has 0 bridgehead atoms. The van der Waals surface area contributed by atoms with Crippen molar-refractivity contribution in [3.8, 4) is 11.5 Å². The van der Waals surface area contributed by atoms with Crippen LogP contribution in [-0.2, 0) is 9.59 Å². The van der Waals surface area contributed by atoms with E-state index in [-0.39, 0.29) is 24.9 Å². The average molecular weight is 485 g/mol. The number of amides is 2. The zero-order chi connectivity index (χ0) is 25.1. The van der Waals surface area contributed by atoms with Crippen molar-refractivity contribution in [3.05, 3.63) is 90.1 Å². The van der Waals surface area contributed by atoms with Crippen LogP contribution < -0.4 is 25.4 Å². The van der Waals surface area contributed by atoms with Crippen molar-refractivity contribution < 1.29 is 19.1 Å². The van der Waals surface area contributed by atoms with E-state index in [1.807, 2.05) is 71.8 Å². The number of aromatic amines is 1. The van der Waals surface area contributed by atoms with Crippen LogP contribution in [0.15, 0.2) is 79.0 Å². The molecule has 0 aliphatic carbocycles. The molecule has 1 aromatic heterocycles. The van der Waals surface area contributed by atoms with Gasteiger partial charge in [0.2, 0.25) is 5.91 Å². The number of anilines is 1. The number of para-hydroxylation sites is 3. The molecule has 4 N–H and O–H groups in total. The Morgan fingerprint density at radius 2 is 1.86 bits per heavy atom. The third kappa shape index (κ3) is 4.70. The maximum atomic E-state index is 13.1. The lowest BCUT2D eigenvalue weighted by molar-refractivity contribution is -0.125. The van der Waals surface area contributed by atoms with Crippen molar-refractivity contribution in [3.63, 3.8) is 0 Å². The van der Waals surface area contributed by atoms with Crippen LogP contribution in [0.25, 0.3) is 10.9 Å². The maximum absolute atomic E-state index is 13.1. The molecule has 1 aliphatic heterocycles. The standard InChI is InChI=1S/C28H28N4O4/c1-35-19-12-10-18(11-13-19)21(22-15-30-23-7-3-2-6-20(22)23)14-31-27(33)17-32-16-26(28(29)34)36-25-9-5-4-8-24(25)32/h2-13,15,21,26,30H,14,16-17H2,1H3,(H2,29,34)(H,31,33). The van der Waals surface area contributed by atoms with Gasteiger partial charge < -0.3 is 30.4 Å². The Labute approximate surface area is 209 Å². The fourth-order valence-corrected chi connectivity index (χ4v) is 4.68. The van der Waals surface area contributed by atoms with E-state index in [1.54, 1.807) is 13.2 Å². The van der Waals surface area contributed by atoms with Crippen LogP contribution in [0, 0.1) is 0 Å². The lowest BCUT2D eigenvalue weighted by atomic mass is 9.90. The zero-order valence-electron chi connectivity index (χ0n) is 19.9. The molecule has 4 aromatic rings. The highest BCUT2D eigenvalue weighted by atomic mass is 16.5. The number of hydrogen-bond donors (Lipinski definition) is 3. The number of ether oxygens (including phenoxy) is 2. The minimum Gasteiger partial charge on any atom is -0.497 e. The third-order valence-corrected chi connectivity index (χ3v) is 6.53. The number of nitrogens with one attached hydrogen (secondary N) is 2. The summed E-state index contributed by atoms with van der Waals surface area (Å²) in [4.78, 5) is 30.1. The number of carbonyl (C=O) groups is 2. The van der Waals surface area contributed by atoms with Gasteiger partial charge in [0, 0.05) is 29.6 Å². The Hall–Kier alpha value is -4.46. The van der Waals surface area contributed by atoms with Crippen molar-refractivity contribution in [1.82, 2.24) is 10.3 Å². The summed E-state index contributed by atoms with van der Waals surface area (Å²) in [5.41, 5.74) is 9.46. The van der Waals surface area contributed by atoms with Crippen LogP contribution >= 0.6 is 0 Å². The topological polar surface area (TPSA) is 110 Å². The minimum absolute atomic E-state index is 0.0768. The Bertz CT molecular complexity index is 1380. The summed E-state index contributed by atoms with van der Waals surface area (Å²) >= 11 is 0. The number of carbonyl (C=O) groups excluding carboxylic acids is 2. The van der Waals surface area contributed by atoms with E-state index in [9.17, 15) is 9.59 Å². The average Bonchev–Trinajstić information content (AvgIpc) is 3.33. The fraction of sp³-hybridized carbons (Fsp3) is 0.214. The second-order valence-electron chi connectivity index (χ2n) is 8.78. The van der Waals surface area contributed by atoms with E-state index in [0.29, 0.717) is 12.3 Å². The highest BCUT2D eigenvalue weighted by molar-refractivity contribution is 5.86. The van der Waals surface area contributed by atoms with Crippen LogP contribution in [-0.4, -0.2) is 49.6 Å². The van der Waals surface area contributed by atoms with E-state index >= 15 is 0 Å². The molecule has 36 heavy (non-hydrogen) atoms. The van der Waals surface area contributed by atoms with Crippen LogP contribution in [0.5, 0.6) is 11.5 Å². The first-order valence-corrected chi connectivity index (χ1v) is 11.8. The van der Waals surface area contributed by atoms with Gasteiger partial charge in [0.25, 0.3) is 5.91 Å². The van der Waals surface area contributed by atoms with Crippen molar-refractivity contribution in [2.75, 3.05) is 31.6 Å². The molecule has 5 rings (SSSR count). The molecule has 0 saturated carbocycles. The van der Waals surface area contributed by atoms with Gasteiger partial charge in [-0.1, -0.05) is 42.5 Å². The second kappa shape index (κ2) is 10.0. The molecular formula is C28H28N4O4. The van der Waals surface area contributed by atoms with Gasteiger partial charge >= 0.3 is 0 Å². The lowest BCUT2D eigenvalue weighted by Gasteiger charge is -2.34. The summed E-state index contributed by atoms with van der Waals surface area (Å²) in [7, 11) is 1.64. The Morgan fingerprint density at radius 3 is 2.64 bits per heavy atom. The van der Waals surface area contributed by atoms with Crippen LogP contribution in [0.3, 0.4) is 0 Å². The summed E-state index contributed by atoms with van der Waals surface area (Å²) in [6.45, 7) is 0.690. The number of nitrogens with zero attached hydrogens (tertiary/aromatic N) is 1. The molecule has 0 saturated heterocycles. The number of hydrogen-bond acceptors (Lipinski definition) is 5. The van der Waals surface area contributed by atoms with Gasteiger partial charge in [-0.05, 0) is 41.5 Å². The van der Waals surface area contributed by atoms with Gasteiger partial charge in [-0.3, -0.25) is 9.59 Å². The van der Waals surface area contributed by atoms with Crippen molar-refractivity contribution in [2.45, 2.75) is 12.0 Å². The number of aromatic nitrogens is 1. The van der Waals surface area contributed by atoms with Crippen molar-refractivity contribution in [1.29, 1.82) is 0 Å². The summed E-state index contributed by atoms with van der Waals surface area (Å²) in [6, 6.07) is 23.3. The molecule has 8 nitrogen and oxygen atoms in total. The highest BCUT2D eigenvalue weighted by Crippen LogP contribution is 2.33. The predicted octanol–water partition coefficient (Wildman–Crippen LogP) is 3.18. The first-order valence-electron chi connectivity index (χ1n) is 11.8. The Morgan fingerprint density at radius 1 is 1.11 bits per heavy atom. The number of rotatable bonds is 8. The summed E-state index contributed by atoms with van der Waals surface area (Å²) in [6.07, 6.45) is 1.19. The maximum Gasteiger partial charge on any atom is 0.260 e. The van der Waals surface area contributed by atoms with E-state index in [4.69, 9.17) is 15.2 Å². The number of benzene rings is 3. The normalized spacial score (nSPS) is 15.6. The molecule has 0 radical (unpaired) electrons. The Balaban J connectivity index is 1.36. The molecule has 2 unspecified atom stereocenters. The molecule has 2 heterocycles. The minimum atomic E-state index is -0.814. The van der Waals surface area contributed by atoms with E-state index in [1.165, 1.54) is 0 Å². The lowest BCUT2D eigenvalue weighted by Crippen LogP contribution is -2.50. The number of fused-ring (bicyclic) bond motifs is 2. The zero-order valence-corrected chi connectivity index (χ0v) is 19.9. The van der Waals surface area contributed by atoms with Crippen LogP contribution in [0.2, 0.25) is 0 Å². The summed E-state index contributed by atoms with van der Waals surface area (Å²) < 4.78 is 11.0. The SMILES string of the molecule is COc1ccc(C(CNC(=O)CN2CC(C(N)=O)Oc3ccccc32)c2c[nH]c3ccccc23)cc1. The molecule has 3 aromatic carbocycles. The number of primary amides is 1. The van der Waals surface area contributed by atoms with Gasteiger partial charge in [0.05, 0.1) is 25.9 Å². The van der Waals surface area contributed by atoms with Gasteiger partial charge in [-0.25, -0.2) is 0 Å². The summed E-state index contributed by atoms with van der Waals surface area (Å²) in [5, 5.41) is 4.21. The van der Waals surface area contributed by atoms with Gasteiger partial charge in [-0.2, -0.15) is 0 Å². The van der Waals surface area contributed by atoms with E-state index in [2.05, 4.69) is 16.4 Å². The molecule has 0 spiro atoms. The quantitative estimate of drug-likeness (QED) is 0.356. The molecule has 0 fully saturated rings. The first kappa shape index (κ1) is 23.3. The van der Waals surface area contributed by atoms with E-state index < -0.39 is 12.0 Å². The fourth-order valence-electron chi connectivity index (χ4n) is 4.68. The highest BCUT2D eigenvalue weighted by Gasteiger charge is 2.30. The molecule has 184 valence electrons. The summed E-state index contributed by atoms with van der Waals surface area (Å²) in [5.74, 6) is 0.513. The Kier molecular flexibility index (Phi) is 6.49. The van der Waals surface area contributed by atoms with Crippen molar-refractivity contribution in [2.24, 2.45) is 5.73 Å². The van der Waals surface area contributed by atoms with Gasteiger partial charge in [-0.15, -0.1) is 0 Å². The number of methoxy groups -OCH3 is 1. The number of H-pyrrole nitrogens is 1. The third-order valence-electron chi connectivity index (χ3n) is 6.53. The predicted molar refractivity (Wildman–Crippen MR) is 138 cm³/mol. The molecule has 1 aliphatic rings. The largest absolute Gasteiger partial charge is 0.497 e. The van der Waals surface area contributed by atoms with Gasteiger partial charge in [0.15, 0.2) is 6.10 Å². The van der Waals surface area contributed by atoms with Crippen LogP contribution in [0.4, 0.5) is 5.69 Å².